The summed E-state index contributed by atoms with van der Waals surface area (Å²) in [7, 11) is 0. The Hall–Kier alpha value is -1.30. The van der Waals surface area contributed by atoms with Crippen LogP contribution in [0.4, 0.5) is 13.2 Å². The molecule has 0 spiro atoms. The Morgan fingerprint density at radius 3 is 2.64 bits per heavy atom. The molecular weight excluding hydrogens is 195 g/mol. The summed E-state index contributed by atoms with van der Waals surface area (Å²) in [4.78, 5) is 0. The van der Waals surface area contributed by atoms with E-state index >= 15 is 0 Å². The second-order valence-electron chi connectivity index (χ2n) is 2.88. The lowest BCUT2D eigenvalue weighted by Crippen LogP contribution is -2.09. The standard InChI is InChI=1S/C8H10F3N3/c1-6(2-12)4-14-5-7(3-13-14)8(9,10)11/h3,5H,1-2,4,12H2. The average molecular weight is 205 g/mol. The van der Waals surface area contributed by atoms with Crippen molar-refractivity contribution in [2.24, 2.45) is 5.73 Å². The molecule has 0 saturated heterocycles. The highest BCUT2D eigenvalue weighted by Crippen LogP contribution is 2.28. The molecule has 1 aromatic rings. The molecule has 14 heavy (non-hydrogen) atoms. The van der Waals surface area contributed by atoms with Crippen LogP contribution in [0.5, 0.6) is 0 Å². The molecule has 1 aromatic heterocycles. The van der Waals surface area contributed by atoms with Gasteiger partial charge in [0.15, 0.2) is 0 Å². The van der Waals surface area contributed by atoms with Crippen LogP contribution in [0.25, 0.3) is 0 Å². The van der Waals surface area contributed by atoms with Crippen LogP contribution in [0.1, 0.15) is 5.56 Å². The number of aromatic nitrogens is 2. The monoisotopic (exact) mass is 205 g/mol. The summed E-state index contributed by atoms with van der Waals surface area (Å²) in [6, 6.07) is 0. The number of rotatable bonds is 3. The molecule has 0 amide bonds. The molecular formula is C8H10F3N3. The van der Waals surface area contributed by atoms with Crippen LogP contribution in [-0.4, -0.2) is 16.3 Å². The van der Waals surface area contributed by atoms with E-state index in [4.69, 9.17) is 5.73 Å². The first-order valence-corrected chi connectivity index (χ1v) is 3.90. The predicted molar refractivity (Wildman–Crippen MR) is 45.4 cm³/mol. The van der Waals surface area contributed by atoms with Gasteiger partial charge in [0.25, 0.3) is 0 Å². The number of hydrogen-bond donors (Lipinski definition) is 1. The second kappa shape index (κ2) is 3.83. The fourth-order valence-corrected chi connectivity index (χ4v) is 0.890. The minimum Gasteiger partial charge on any atom is -0.327 e. The largest absolute Gasteiger partial charge is 0.419 e. The normalized spacial score (nSPS) is 11.7. The van der Waals surface area contributed by atoms with Crippen molar-refractivity contribution in [3.05, 3.63) is 30.1 Å². The summed E-state index contributed by atoms with van der Waals surface area (Å²) in [5.41, 5.74) is 5.11. The van der Waals surface area contributed by atoms with Crippen LogP contribution in [0.15, 0.2) is 24.5 Å². The molecule has 0 aliphatic carbocycles. The maximum Gasteiger partial charge on any atom is 0.419 e. The van der Waals surface area contributed by atoms with Crippen LogP contribution in [0, 0.1) is 0 Å². The fraction of sp³-hybridized carbons (Fsp3) is 0.375. The molecule has 0 unspecified atom stereocenters. The molecule has 0 atom stereocenters. The van der Waals surface area contributed by atoms with Gasteiger partial charge < -0.3 is 5.73 Å². The Morgan fingerprint density at radius 2 is 2.21 bits per heavy atom. The lowest BCUT2D eigenvalue weighted by molar-refractivity contribution is -0.137. The number of nitrogens with zero attached hydrogens (tertiary/aromatic N) is 2. The first kappa shape index (κ1) is 10.8. The molecule has 78 valence electrons. The van der Waals surface area contributed by atoms with Crippen LogP contribution >= 0.6 is 0 Å². The highest BCUT2D eigenvalue weighted by atomic mass is 19.4. The first-order valence-electron chi connectivity index (χ1n) is 3.90. The van der Waals surface area contributed by atoms with Gasteiger partial charge in [-0.05, 0) is 5.57 Å². The van der Waals surface area contributed by atoms with Gasteiger partial charge in [0.1, 0.15) is 0 Å². The van der Waals surface area contributed by atoms with E-state index in [9.17, 15) is 13.2 Å². The summed E-state index contributed by atoms with van der Waals surface area (Å²) < 4.78 is 37.5. The Morgan fingerprint density at radius 1 is 1.57 bits per heavy atom. The number of alkyl halides is 3. The predicted octanol–water partition coefficient (Wildman–Crippen LogP) is 1.42. The van der Waals surface area contributed by atoms with Gasteiger partial charge in [-0.25, -0.2) is 0 Å². The molecule has 1 heterocycles. The van der Waals surface area contributed by atoms with E-state index in [0.29, 0.717) is 5.57 Å². The molecule has 0 aromatic carbocycles. The summed E-state index contributed by atoms with van der Waals surface area (Å²) in [6.45, 7) is 4.02. The third-order valence-electron chi connectivity index (χ3n) is 1.63. The molecule has 0 fully saturated rings. The van der Waals surface area contributed by atoms with Gasteiger partial charge in [0.05, 0.1) is 18.3 Å². The zero-order valence-electron chi connectivity index (χ0n) is 7.38. The van der Waals surface area contributed by atoms with Gasteiger partial charge in [0, 0.05) is 12.7 Å². The van der Waals surface area contributed by atoms with Gasteiger partial charge in [-0.15, -0.1) is 0 Å². The average Bonchev–Trinajstić information content (AvgIpc) is 2.51. The Kier molecular flexibility index (Phi) is 2.95. The quantitative estimate of drug-likeness (QED) is 0.758. The molecule has 0 aliphatic heterocycles. The molecule has 0 radical (unpaired) electrons. The first-order chi connectivity index (χ1) is 6.43. The summed E-state index contributed by atoms with van der Waals surface area (Å²) in [6.07, 6.45) is -2.63. The van der Waals surface area contributed by atoms with E-state index in [1.807, 2.05) is 0 Å². The Labute approximate surface area is 79.0 Å². The van der Waals surface area contributed by atoms with E-state index in [0.717, 1.165) is 17.1 Å². The fourth-order valence-electron chi connectivity index (χ4n) is 0.890. The van der Waals surface area contributed by atoms with Crippen LogP contribution in [0.3, 0.4) is 0 Å². The Balaban J connectivity index is 2.74. The van der Waals surface area contributed by atoms with Crippen molar-refractivity contribution in [2.75, 3.05) is 6.54 Å². The van der Waals surface area contributed by atoms with Crippen molar-refractivity contribution in [3.8, 4) is 0 Å². The van der Waals surface area contributed by atoms with Crippen molar-refractivity contribution in [2.45, 2.75) is 12.7 Å². The van der Waals surface area contributed by atoms with Gasteiger partial charge >= 0.3 is 6.18 Å². The van der Waals surface area contributed by atoms with Gasteiger partial charge in [-0.2, -0.15) is 18.3 Å². The molecule has 0 aliphatic rings. The minimum atomic E-state index is -4.34. The zero-order chi connectivity index (χ0) is 10.8. The van der Waals surface area contributed by atoms with Crippen molar-refractivity contribution >= 4 is 0 Å². The molecule has 6 heteroatoms. The lowest BCUT2D eigenvalue weighted by Gasteiger charge is -2.03. The van der Waals surface area contributed by atoms with Crippen LogP contribution < -0.4 is 5.73 Å². The molecule has 1 rings (SSSR count). The molecule has 0 saturated carbocycles. The smallest absolute Gasteiger partial charge is 0.327 e. The zero-order valence-corrected chi connectivity index (χ0v) is 7.38. The summed E-state index contributed by atoms with van der Waals surface area (Å²) >= 11 is 0. The number of hydrogen-bond acceptors (Lipinski definition) is 2. The van der Waals surface area contributed by atoms with Gasteiger partial charge in [-0.1, -0.05) is 6.58 Å². The van der Waals surface area contributed by atoms with E-state index in [2.05, 4.69) is 11.7 Å². The SMILES string of the molecule is C=C(CN)Cn1cc(C(F)(F)F)cn1. The maximum absolute atomic E-state index is 12.1. The van der Waals surface area contributed by atoms with Gasteiger partial charge in [0.2, 0.25) is 0 Å². The van der Waals surface area contributed by atoms with Crippen LogP contribution in [0.2, 0.25) is 0 Å². The molecule has 2 N–H and O–H groups in total. The summed E-state index contributed by atoms with van der Waals surface area (Å²) in [5.74, 6) is 0. The van der Waals surface area contributed by atoms with Crippen molar-refractivity contribution < 1.29 is 13.2 Å². The highest BCUT2D eigenvalue weighted by Gasteiger charge is 2.32. The number of halogens is 3. The summed E-state index contributed by atoms with van der Waals surface area (Å²) in [5, 5.41) is 3.55. The van der Waals surface area contributed by atoms with Crippen molar-refractivity contribution in [1.82, 2.24) is 9.78 Å². The topological polar surface area (TPSA) is 43.8 Å². The van der Waals surface area contributed by atoms with E-state index in [1.54, 1.807) is 0 Å². The van der Waals surface area contributed by atoms with E-state index < -0.39 is 11.7 Å². The minimum absolute atomic E-state index is 0.215. The van der Waals surface area contributed by atoms with Crippen molar-refractivity contribution in [1.29, 1.82) is 0 Å². The lowest BCUT2D eigenvalue weighted by atomic mass is 10.3. The second-order valence-corrected chi connectivity index (χ2v) is 2.88. The van der Waals surface area contributed by atoms with E-state index in [-0.39, 0.29) is 13.1 Å². The molecule has 0 bridgehead atoms. The van der Waals surface area contributed by atoms with Gasteiger partial charge in [-0.3, -0.25) is 4.68 Å². The van der Waals surface area contributed by atoms with Crippen LogP contribution in [-0.2, 0) is 12.7 Å². The Bertz CT molecular complexity index is 327. The maximum atomic E-state index is 12.1. The number of nitrogens with two attached hydrogens (primary N) is 1. The highest BCUT2D eigenvalue weighted by molar-refractivity contribution is 5.09. The molecule has 3 nitrogen and oxygen atoms in total. The van der Waals surface area contributed by atoms with Crippen molar-refractivity contribution in [3.63, 3.8) is 0 Å². The third-order valence-corrected chi connectivity index (χ3v) is 1.63. The third kappa shape index (κ3) is 2.59. The van der Waals surface area contributed by atoms with E-state index in [1.165, 1.54) is 0 Å².